The SMILES string of the molecule is CC(C)(C)C1CCN(Cc2cc(O)c3c(c2Cl)CC2C[C@H]4CC(=O)C(C(N)=O)=C(O)[C@@]4(O)C(=O)C2=C3O)CC1. The van der Waals surface area contributed by atoms with Gasteiger partial charge in [0.25, 0.3) is 5.91 Å². The number of nitrogens with two attached hydrogens (primary N) is 1. The summed E-state index contributed by atoms with van der Waals surface area (Å²) < 4.78 is 0. The van der Waals surface area contributed by atoms with Crippen LogP contribution in [-0.2, 0) is 27.3 Å². The molecule has 10 heteroatoms. The number of phenols is 1. The smallest absolute Gasteiger partial charge is 0.255 e. The molecule has 0 bridgehead atoms. The average Bonchev–Trinajstić information content (AvgIpc) is 2.84. The van der Waals surface area contributed by atoms with Gasteiger partial charge in [0.2, 0.25) is 5.78 Å². The molecule has 1 amide bonds. The molecule has 1 saturated heterocycles. The van der Waals surface area contributed by atoms with Crippen molar-refractivity contribution in [2.45, 2.75) is 65.0 Å². The number of phenolic OH excluding ortho intramolecular Hbond substituents is 1. The number of rotatable bonds is 3. The molecule has 1 aliphatic heterocycles. The first-order valence-electron chi connectivity index (χ1n) is 13.4. The predicted octanol–water partition coefficient (Wildman–Crippen LogP) is 3.34. The number of halogens is 1. The van der Waals surface area contributed by atoms with E-state index in [0.717, 1.165) is 31.5 Å². The monoisotopic (exact) mass is 558 g/mol. The van der Waals surface area contributed by atoms with Crippen LogP contribution in [0.15, 0.2) is 23.0 Å². The molecule has 0 aromatic heterocycles. The van der Waals surface area contributed by atoms with Crippen molar-refractivity contribution in [3.63, 3.8) is 0 Å². The van der Waals surface area contributed by atoms with E-state index >= 15 is 0 Å². The van der Waals surface area contributed by atoms with E-state index in [9.17, 15) is 34.8 Å². The third-order valence-corrected chi connectivity index (χ3v) is 9.75. The van der Waals surface area contributed by atoms with Crippen LogP contribution in [0.5, 0.6) is 5.75 Å². The maximum atomic E-state index is 13.6. The van der Waals surface area contributed by atoms with Gasteiger partial charge in [-0.15, -0.1) is 0 Å². The highest BCUT2D eigenvalue weighted by molar-refractivity contribution is 6.32. The minimum Gasteiger partial charge on any atom is -0.508 e. The van der Waals surface area contributed by atoms with E-state index in [4.69, 9.17) is 17.3 Å². The van der Waals surface area contributed by atoms with Crippen LogP contribution in [-0.4, -0.2) is 61.5 Å². The molecule has 1 aromatic rings. The van der Waals surface area contributed by atoms with Gasteiger partial charge >= 0.3 is 0 Å². The lowest BCUT2D eigenvalue weighted by molar-refractivity contribution is -0.147. The summed E-state index contributed by atoms with van der Waals surface area (Å²) >= 11 is 6.86. The quantitative estimate of drug-likeness (QED) is 0.353. The van der Waals surface area contributed by atoms with Gasteiger partial charge in [-0.3, -0.25) is 19.3 Å². The van der Waals surface area contributed by atoms with Crippen LogP contribution >= 0.6 is 11.6 Å². The highest BCUT2D eigenvalue weighted by Crippen LogP contribution is 2.53. The molecule has 4 aliphatic rings. The largest absolute Gasteiger partial charge is 0.508 e. The first kappa shape index (κ1) is 27.7. The van der Waals surface area contributed by atoms with Gasteiger partial charge in [-0.2, -0.15) is 0 Å². The third kappa shape index (κ3) is 4.26. The van der Waals surface area contributed by atoms with Crippen molar-refractivity contribution < 1.29 is 34.8 Å². The number of likely N-dealkylation sites (tertiary alicyclic amines) is 1. The topological polar surface area (TPSA) is 161 Å². The van der Waals surface area contributed by atoms with Crippen molar-refractivity contribution in [3.8, 4) is 5.75 Å². The van der Waals surface area contributed by atoms with Crippen molar-refractivity contribution in [2.24, 2.45) is 28.9 Å². The standard InChI is InChI=1S/C29H35ClN2O7/c1-28(2,3)15-4-6-32(7-5-15)12-14-10-18(33)21-17(23(14)30)9-13-8-16-11-19(34)22(27(31)38)26(37)29(16,39)25(36)20(13)24(21)35/h10,13,15-16,33,35,37,39H,4-9,11-12H2,1-3H3,(H2,31,38)/t13?,16-,29-/m0/s1. The van der Waals surface area contributed by atoms with Crippen molar-refractivity contribution in [1.82, 2.24) is 4.90 Å². The van der Waals surface area contributed by atoms with E-state index in [1.807, 2.05) is 0 Å². The van der Waals surface area contributed by atoms with E-state index in [0.29, 0.717) is 23.0 Å². The van der Waals surface area contributed by atoms with Gasteiger partial charge in [-0.05, 0) is 73.2 Å². The average molecular weight is 559 g/mol. The summed E-state index contributed by atoms with van der Waals surface area (Å²) in [4.78, 5) is 40.2. The lowest BCUT2D eigenvalue weighted by atomic mass is 9.59. The van der Waals surface area contributed by atoms with Gasteiger partial charge in [0.05, 0.1) is 5.56 Å². The maximum absolute atomic E-state index is 13.6. The zero-order valence-electron chi connectivity index (χ0n) is 22.4. The summed E-state index contributed by atoms with van der Waals surface area (Å²) in [5.74, 6) is -5.85. The third-order valence-electron chi connectivity index (χ3n) is 9.28. The van der Waals surface area contributed by atoms with Crippen LogP contribution in [0.2, 0.25) is 5.02 Å². The number of Topliss-reactive ketones (excluding diaryl/α,β-unsaturated/α-hetero) is 2. The van der Waals surface area contributed by atoms with Crippen LogP contribution in [0, 0.1) is 23.2 Å². The molecule has 2 fully saturated rings. The van der Waals surface area contributed by atoms with E-state index in [-0.39, 0.29) is 41.6 Å². The Morgan fingerprint density at radius 1 is 1.15 bits per heavy atom. The summed E-state index contributed by atoms with van der Waals surface area (Å²) in [6.45, 7) is 9.11. The molecule has 3 atom stereocenters. The van der Waals surface area contributed by atoms with E-state index < -0.39 is 52.0 Å². The second kappa shape index (κ2) is 9.35. The first-order chi connectivity index (χ1) is 18.2. The molecular weight excluding hydrogens is 524 g/mol. The number of fused-ring (bicyclic) bond motifs is 3. The molecule has 1 aromatic carbocycles. The number of carbonyl (C=O) groups is 3. The van der Waals surface area contributed by atoms with Crippen LogP contribution in [0.25, 0.3) is 5.76 Å². The molecular formula is C29H35ClN2O7. The number of amides is 1. The van der Waals surface area contributed by atoms with Gasteiger partial charge < -0.3 is 26.2 Å². The van der Waals surface area contributed by atoms with Crippen molar-refractivity contribution in [1.29, 1.82) is 0 Å². The number of nitrogens with zero attached hydrogens (tertiary/aromatic N) is 1. The molecule has 39 heavy (non-hydrogen) atoms. The molecule has 6 N–H and O–H groups in total. The number of piperidine rings is 1. The molecule has 1 heterocycles. The summed E-state index contributed by atoms with van der Waals surface area (Å²) in [6.07, 6.45) is 2.05. The van der Waals surface area contributed by atoms with Gasteiger partial charge in [-0.25, -0.2) is 0 Å². The summed E-state index contributed by atoms with van der Waals surface area (Å²) in [6, 6.07) is 1.50. The first-order valence-corrected chi connectivity index (χ1v) is 13.8. The Morgan fingerprint density at radius 2 is 1.79 bits per heavy atom. The number of aliphatic hydroxyl groups is 3. The Balaban J connectivity index is 1.50. The van der Waals surface area contributed by atoms with E-state index in [2.05, 4.69) is 25.7 Å². The Kier molecular flexibility index (Phi) is 6.64. The molecule has 9 nitrogen and oxygen atoms in total. The summed E-state index contributed by atoms with van der Waals surface area (Å²) in [7, 11) is 0. The van der Waals surface area contributed by atoms with Crippen LogP contribution in [0.4, 0.5) is 0 Å². The van der Waals surface area contributed by atoms with Gasteiger partial charge in [-0.1, -0.05) is 32.4 Å². The fourth-order valence-electron chi connectivity index (χ4n) is 7.04. The Labute approximate surface area is 231 Å². The molecule has 1 unspecified atom stereocenters. The zero-order chi connectivity index (χ0) is 28.6. The second-order valence-electron chi connectivity index (χ2n) is 12.5. The van der Waals surface area contributed by atoms with Gasteiger partial charge in [0.1, 0.15) is 22.8 Å². The minimum absolute atomic E-state index is 0.0160. The Morgan fingerprint density at radius 3 is 2.38 bits per heavy atom. The fraction of sp³-hybridized carbons (Fsp3) is 0.552. The predicted molar refractivity (Wildman–Crippen MR) is 144 cm³/mol. The van der Waals surface area contributed by atoms with Crippen LogP contribution < -0.4 is 5.73 Å². The number of carbonyl (C=O) groups excluding carboxylic acids is 3. The number of aliphatic hydroxyl groups excluding tert-OH is 2. The Hall–Kier alpha value is -2.88. The number of benzene rings is 1. The highest BCUT2D eigenvalue weighted by Gasteiger charge is 2.60. The number of ketones is 2. The number of primary amides is 1. The highest BCUT2D eigenvalue weighted by atomic mass is 35.5. The summed E-state index contributed by atoms with van der Waals surface area (Å²) in [5.41, 5.74) is 3.15. The molecule has 0 radical (unpaired) electrons. The molecule has 5 rings (SSSR count). The van der Waals surface area contributed by atoms with Crippen molar-refractivity contribution in [2.75, 3.05) is 13.1 Å². The fourth-order valence-corrected chi connectivity index (χ4v) is 7.32. The van der Waals surface area contributed by atoms with Gasteiger partial charge in [0, 0.05) is 29.5 Å². The molecule has 3 aliphatic carbocycles. The molecule has 210 valence electrons. The molecule has 0 spiro atoms. The van der Waals surface area contributed by atoms with Crippen molar-refractivity contribution in [3.05, 3.63) is 44.7 Å². The number of aromatic hydroxyl groups is 1. The Bertz CT molecular complexity index is 1350. The van der Waals surface area contributed by atoms with Gasteiger partial charge in [0.15, 0.2) is 11.4 Å². The van der Waals surface area contributed by atoms with Crippen molar-refractivity contribution >= 4 is 34.8 Å². The van der Waals surface area contributed by atoms with E-state index in [1.165, 1.54) is 6.07 Å². The lowest BCUT2D eigenvalue weighted by Gasteiger charge is -2.46. The number of hydrogen-bond donors (Lipinski definition) is 5. The van der Waals surface area contributed by atoms with Crippen LogP contribution in [0.1, 0.15) is 63.1 Å². The lowest BCUT2D eigenvalue weighted by Crippen LogP contribution is -2.58. The summed E-state index contributed by atoms with van der Waals surface area (Å²) in [5, 5.41) is 44.6. The minimum atomic E-state index is -2.58. The van der Waals surface area contributed by atoms with E-state index in [1.54, 1.807) is 0 Å². The van der Waals surface area contributed by atoms with Crippen LogP contribution in [0.3, 0.4) is 0 Å². The zero-order valence-corrected chi connectivity index (χ0v) is 23.1. The normalized spacial score (nSPS) is 28.3. The maximum Gasteiger partial charge on any atom is 0.255 e. The molecule has 1 saturated carbocycles. The second-order valence-corrected chi connectivity index (χ2v) is 12.9. The number of hydrogen-bond acceptors (Lipinski definition) is 8.